The molecule has 7 heteroatoms. The number of rotatable bonds is 4. The zero-order valence-corrected chi connectivity index (χ0v) is 18.6. The van der Waals surface area contributed by atoms with E-state index in [1.165, 1.54) is 35.2 Å². The predicted molar refractivity (Wildman–Crippen MR) is 125 cm³/mol. The quantitative estimate of drug-likeness (QED) is 0.285. The van der Waals surface area contributed by atoms with Crippen LogP contribution in [0.3, 0.4) is 0 Å². The van der Waals surface area contributed by atoms with Crippen LogP contribution < -0.4 is 4.90 Å². The van der Waals surface area contributed by atoms with Crippen LogP contribution in [0.5, 0.6) is 5.75 Å². The highest BCUT2D eigenvalue weighted by Gasteiger charge is 2.47. The fourth-order valence-corrected chi connectivity index (χ4v) is 4.06. The molecule has 1 amide bonds. The van der Waals surface area contributed by atoms with E-state index in [-0.39, 0.29) is 27.7 Å². The molecule has 3 aromatic rings. The van der Waals surface area contributed by atoms with Crippen molar-refractivity contribution < 1.29 is 19.8 Å². The SMILES string of the molecule is CCc1ccc(N2C(=O)C(=O)/C(=C(\O)c3ccc(Cl)c(Cl)c3)C2c2ccc(O)cc2)cc1. The van der Waals surface area contributed by atoms with Gasteiger partial charge in [0.25, 0.3) is 11.7 Å². The number of ketones is 1. The molecule has 1 aliphatic rings. The number of halogens is 2. The maximum absolute atomic E-state index is 13.1. The third-order valence-electron chi connectivity index (χ3n) is 5.47. The Morgan fingerprint density at radius 2 is 1.59 bits per heavy atom. The number of aromatic hydroxyl groups is 1. The lowest BCUT2D eigenvalue weighted by Crippen LogP contribution is -2.29. The number of Topliss-reactive ketones (excluding diaryl/α,β-unsaturated/α-hetero) is 1. The second-order valence-electron chi connectivity index (χ2n) is 7.41. The molecule has 4 rings (SSSR count). The van der Waals surface area contributed by atoms with Gasteiger partial charge in [-0.15, -0.1) is 0 Å². The summed E-state index contributed by atoms with van der Waals surface area (Å²) in [5, 5.41) is 21.3. The smallest absolute Gasteiger partial charge is 0.300 e. The first kappa shape index (κ1) is 21.9. The van der Waals surface area contributed by atoms with Gasteiger partial charge in [0.2, 0.25) is 0 Å². The number of benzene rings is 3. The molecule has 32 heavy (non-hydrogen) atoms. The number of anilines is 1. The van der Waals surface area contributed by atoms with E-state index >= 15 is 0 Å². The Morgan fingerprint density at radius 1 is 0.938 bits per heavy atom. The van der Waals surface area contributed by atoms with Gasteiger partial charge in [-0.3, -0.25) is 14.5 Å². The molecule has 1 heterocycles. The minimum absolute atomic E-state index is 0.0440. The minimum Gasteiger partial charge on any atom is -0.508 e. The van der Waals surface area contributed by atoms with Crippen LogP contribution in [-0.2, 0) is 16.0 Å². The van der Waals surface area contributed by atoms with Gasteiger partial charge in [-0.25, -0.2) is 0 Å². The van der Waals surface area contributed by atoms with Crippen molar-refractivity contribution in [1.29, 1.82) is 0 Å². The molecule has 0 aliphatic carbocycles. The predicted octanol–water partition coefficient (Wildman–Crippen LogP) is 5.89. The van der Waals surface area contributed by atoms with Gasteiger partial charge in [0.15, 0.2) is 0 Å². The highest BCUT2D eigenvalue weighted by Crippen LogP contribution is 2.43. The Kier molecular flexibility index (Phi) is 5.96. The number of aliphatic hydroxyl groups excluding tert-OH is 1. The van der Waals surface area contributed by atoms with E-state index in [2.05, 4.69) is 0 Å². The van der Waals surface area contributed by atoms with Gasteiger partial charge in [0.05, 0.1) is 21.7 Å². The lowest BCUT2D eigenvalue weighted by atomic mass is 9.95. The minimum atomic E-state index is -0.891. The molecule has 1 fully saturated rings. The molecule has 0 bridgehead atoms. The second kappa shape index (κ2) is 8.69. The molecule has 0 saturated carbocycles. The van der Waals surface area contributed by atoms with Crippen molar-refractivity contribution in [2.45, 2.75) is 19.4 Å². The molecular formula is C25H19Cl2NO4. The number of aliphatic hydroxyl groups is 1. The van der Waals surface area contributed by atoms with Crippen LogP contribution in [0.15, 0.2) is 72.3 Å². The van der Waals surface area contributed by atoms with Gasteiger partial charge in [-0.05, 0) is 60.0 Å². The average Bonchev–Trinajstić information content (AvgIpc) is 3.06. The fraction of sp³-hybridized carbons (Fsp3) is 0.120. The number of amides is 1. The lowest BCUT2D eigenvalue weighted by Gasteiger charge is -2.25. The zero-order chi connectivity index (χ0) is 23.0. The summed E-state index contributed by atoms with van der Waals surface area (Å²) in [6.07, 6.45) is 0.831. The summed E-state index contributed by atoms with van der Waals surface area (Å²) in [6.45, 7) is 2.02. The van der Waals surface area contributed by atoms with E-state index in [0.29, 0.717) is 16.3 Å². The molecule has 1 unspecified atom stereocenters. The Bertz CT molecular complexity index is 1230. The molecule has 1 atom stereocenters. The van der Waals surface area contributed by atoms with Crippen molar-refractivity contribution in [2.75, 3.05) is 4.90 Å². The topological polar surface area (TPSA) is 77.8 Å². The Hall–Kier alpha value is -3.28. The molecule has 0 radical (unpaired) electrons. The number of phenolic OH excluding ortho intramolecular Hbond substituents is 1. The van der Waals surface area contributed by atoms with E-state index in [1.807, 2.05) is 19.1 Å². The molecule has 0 aromatic heterocycles. The first-order valence-corrected chi connectivity index (χ1v) is 10.7. The van der Waals surface area contributed by atoms with E-state index in [9.17, 15) is 19.8 Å². The van der Waals surface area contributed by atoms with Crippen LogP contribution in [0.1, 0.15) is 29.7 Å². The Morgan fingerprint density at radius 3 is 2.19 bits per heavy atom. The van der Waals surface area contributed by atoms with Crippen molar-refractivity contribution in [3.63, 3.8) is 0 Å². The summed E-state index contributed by atoms with van der Waals surface area (Å²) < 4.78 is 0. The third-order valence-corrected chi connectivity index (χ3v) is 6.21. The number of carbonyl (C=O) groups excluding carboxylic acids is 2. The second-order valence-corrected chi connectivity index (χ2v) is 8.22. The van der Waals surface area contributed by atoms with Crippen LogP contribution in [0.2, 0.25) is 10.0 Å². The summed E-state index contributed by atoms with van der Waals surface area (Å²) >= 11 is 12.1. The fourth-order valence-electron chi connectivity index (χ4n) is 3.76. The maximum Gasteiger partial charge on any atom is 0.300 e. The van der Waals surface area contributed by atoms with Crippen LogP contribution in [-0.4, -0.2) is 21.9 Å². The van der Waals surface area contributed by atoms with Crippen LogP contribution >= 0.6 is 23.2 Å². The van der Waals surface area contributed by atoms with E-state index in [0.717, 1.165) is 12.0 Å². The Labute approximate surface area is 195 Å². The van der Waals surface area contributed by atoms with Crippen molar-refractivity contribution in [3.05, 3.63) is 99.0 Å². The number of carbonyl (C=O) groups is 2. The van der Waals surface area contributed by atoms with Crippen LogP contribution in [0.4, 0.5) is 5.69 Å². The van der Waals surface area contributed by atoms with Crippen LogP contribution in [0, 0.1) is 0 Å². The lowest BCUT2D eigenvalue weighted by molar-refractivity contribution is -0.132. The number of hydrogen-bond donors (Lipinski definition) is 2. The van der Waals surface area contributed by atoms with E-state index in [1.54, 1.807) is 24.3 Å². The van der Waals surface area contributed by atoms with Crippen molar-refractivity contribution in [1.82, 2.24) is 0 Å². The van der Waals surface area contributed by atoms with Gasteiger partial charge in [0, 0.05) is 11.3 Å². The van der Waals surface area contributed by atoms with Crippen molar-refractivity contribution in [2.24, 2.45) is 0 Å². The number of hydrogen-bond acceptors (Lipinski definition) is 4. The normalized spacial score (nSPS) is 17.7. The molecular weight excluding hydrogens is 449 g/mol. The van der Waals surface area contributed by atoms with Gasteiger partial charge in [-0.1, -0.05) is 54.4 Å². The largest absolute Gasteiger partial charge is 0.508 e. The summed E-state index contributed by atoms with van der Waals surface area (Å²) in [5.41, 5.74) is 2.36. The number of aryl methyl sites for hydroxylation is 1. The molecule has 1 saturated heterocycles. The maximum atomic E-state index is 13.1. The third kappa shape index (κ3) is 3.85. The first-order chi connectivity index (χ1) is 15.3. The first-order valence-electron chi connectivity index (χ1n) is 9.96. The van der Waals surface area contributed by atoms with Crippen LogP contribution in [0.25, 0.3) is 5.76 Å². The monoisotopic (exact) mass is 467 g/mol. The van der Waals surface area contributed by atoms with Gasteiger partial charge >= 0.3 is 0 Å². The summed E-state index contributed by atoms with van der Waals surface area (Å²) in [6, 6.07) is 17.1. The number of phenols is 1. The summed E-state index contributed by atoms with van der Waals surface area (Å²) in [4.78, 5) is 27.6. The van der Waals surface area contributed by atoms with Gasteiger partial charge in [-0.2, -0.15) is 0 Å². The highest BCUT2D eigenvalue weighted by molar-refractivity contribution is 6.51. The molecule has 5 nitrogen and oxygen atoms in total. The Balaban J connectivity index is 1.92. The molecule has 3 aromatic carbocycles. The summed E-state index contributed by atoms with van der Waals surface area (Å²) in [7, 11) is 0. The summed E-state index contributed by atoms with van der Waals surface area (Å²) in [5.74, 6) is -1.88. The van der Waals surface area contributed by atoms with E-state index < -0.39 is 17.7 Å². The molecule has 0 spiro atoms. The van der Waals surface area contributed by atoms with Gasteiger partial charge < -0.3 is 10.2 Å². The molecule has 2 N–H and O–H groups in total. The molecule has 1 aliphatic heterocycles. The van der Waals surface area contributed by atoms with Crippen molar-refractivity contribution >= 4 is 46.3 Å². The highest BCUT2D eigenvalue weighted by atomic mass is 35.5. The standard InChI is InChI=1S/C25H19Cl2NO4/c1-2-14-3-8-17(9-4-14)28-22(15-5-10-18(29)11-6-15)21(24(31)25(28)32)23(30)16-7-12-19(26)20(27)13-16/h3-13,22,29-30H,2H2,1H3/b23-21-. The van der Waals surface area contributed by atoms with Gasteiger partial charge in [0.1, 0.15) is 11.5 Å². The average molecular weight is 468 g/mol. The molecule has 162 valence electrons. The van der Waals surface area contributed by atoms with E-state index in [4.69, 9.17) is 23.2 Å². The zero-order valence-electron chi connectivity index (χ0n) is 17.0. The number of nitrogens with zero attached hydrogens (tertiary/aromatic N) is 1. The van der Waals surface area contributed by atoms with Crippen molar-refractivity contribution in [3.8, 4) is 5.75 Å².